The largest absolute Gasteiger partial charge is 0.352 e. The van der Waals surface area contributed by atoms with Crippen LogP contribution in [0.1, 0.15) is 30.5 Å². The van der Waals surface area contributed by atoms with Crippen LogP contribution in [0.25, 0.3) is 0 Å². The molecular formula is C14H18N2O. The monoisotopic (exact) mass is 230 g/mol. The summed E-state index contributed by atoms with van der Waals surface area (Å²) in [7, 11) is 0. The molecule has 3 heteroatoms. The Kier molecular flexibility index (Phi) is 3.91. The van der Waals surface area contributed by atoms with Gasteiger partial charge in [0, 0.05) is 24.4 Å². The van der Waals surface area contributed by atoms with Crippen molar-refractivity contribution in [2.24, 2.45) is 5.92 Å². The fourth-order valence-electron chi connectivity index (χ4n) is 1.97. The molecule has 1 amide bonds. The lowest BCUT2D eigenvalue weighted by Crippen LogP contribution is -2.30. The van der Waals surface area contributed by atoms with Crippen LogP contribution in [0.3, 0.4) is 0 Å². The third-order valence-corrected chi connectivity index (χ3v) is 3.08. The molecular weight excluding hydrogens is 212 g/mol. The molecule has 2 rings (SSSR count). The second-order valence-corrected chi connectivity index (χ2v) is 4.51. The average molecular weight is 230 g/mol. The van der Waals surface area contributed by atoms with Gasteiger partial charge in [-0.15, -0.1) is 0 Å². The van der Waals surface area contributed by atoms with Crippen molar-refractivity contribution in [1.82, 2.24) is 10.3 Å². The number of nitrogens with one attached hydrogen (secondary N) is 1. The number of carbonyl (C=O) groups is 1. The van der Waals surface area contributed by atoms with E-state index in [1.807, 2.05) is 25.3 Å². The lowest BCUT2D eigenvalue weighted by Gasteiger charge is -2.17. The zero-order valence-electron chi connectivity index (χ0n) is 10.1. The molecule has 0 radical (unpaired) electrons. The number of aryl methyl sites for hydroxylation is 1. The SMILES string of the molecule is Cc1ccc(CNC(=O)[C@@H]2CC=CCC2)cn1. The maximum atomic E-state index is 11.9. The maximum absolute atomic E-state index is 11.9. The molecule has 0 aromatic carbocycles. The van der Waals surface area contributed by atoms with E-state index in [-0.39, 0.29) is 11.8 Å². The third kappa shape index (κ3) is 3.41. The second kappa shape index (κ2) is 5.62. The molecule has 1 aromatic heterocycles. The van der Waals surface area contributed by atoms with Crippen LogP contribution in [0, 0.1) is 12.8 Å². The molecule has 1 N–H and O–H groups in total. The van der Waals surface area contributed by atoms with E-state index in [2.05, 4.69) is 22.5 Å². The maximum Gasteiger partial charge on any atom is 0.223 e. The quantitative estimate of drug-likeness (QED) is 0.810. The van der Waals surface area contributed by atoms with Crippen LogP contribution in [0.2, 0.25) is 0 Å². The van der Waals surface area contributed by atoms with E-state index >= 15 is 0 Å². The Bertz CT molecular complexity index is 409. The fourth-order valence-corrected chi connectivity index (χ4v) is 1.97. The lowest BCUT2D eigenvalue weighted by molar-refractivity contribution is -0.125. The van der Waals surface area contributed by atoms with Crippen molar-refractivity contribution in [3.05, 3.63) is 41.7 Å². The van der Waals surface area contributed by atoms with Gasteiger partial charge in [0.05, 0.1) is 0 Å². The van der Waals surface area contributed by atoms with E-state index in [1.165, 1.54) is 0 Å². The molecule has 0 bridgehead atoms. The highest BCUT2D eigenvalue weighted by Gasteiger charge is 2.17. The van der Waals surface area contributed by atoms with Gasteiger partial charge in [0.25, 0.3) is 0 Å². The number of amides is 1. The van der Waals surface area contributed by atoms with Crippen molar-refractivity contribution in [2.45, 2.75) is 32.7 Å². The Hall–Kier alpha value is -1.64. The average Bonchev–Trinajstić information content (AvgIpc) is 2.39. The molecule has 3 nitrogen and oxygen atoms in total. The van der Waals surface area contributed by atoms with Crippen LogP contribution in [0.15, 0.2) is 30.5 Å². The molecule has 0 fully saturated rings. The molecule has 0 saturated carbocycles. The van der Waals surface area contributed by atoms with Gasteiger partial charge < -0.3 is 5.32 Å². The second-order valence-electron chi connectivity index (χ2n) is 4.51. The van der Waals surface area contributed by atoms with Crippen molar-refractivity contribution in [1.29, 1.82) is 0 Å². The minimum atomic E-state index is 0.151. The highest BCUT2D eigenvalue weighted by molar-refractivity contribution is 5.78. The molecule has 90 valence electrons. The number of nitrogens with zero attached hydrogens (tertiary/aromatic N) is 1. The standard InChI is InChI=1S/C14H18N2O/c1-11-7-8-12(9-15-11)10-16-14(17)13-5-3-2-4-6-13/h2-3,7-9,13H,4-6,10H2,1H3,(H,16,17)/t13-/m1/s1. The van der Waals surface area contributed by atoms with E-state index in [4.69, 9.17) is 0 Å². The Labute approximate surface area is 102 Å². The van der Waals surface area contributed by atoms with Crippen LogP contribution in [0.4, 0.5) is 0 Å². The molecule has 1 aromatic rings. The molecule has 0 aliphatic heterocycles. The molecule has 17 heavy (non-hydrogen) atoms. The smallest absolute Gasteiger partial charge is 0.223 e. The molecule has 1 aliphatic rings. The summed E-state index contributed by atoms with van der Waals surface area (Å²) in [4.78, 5) is 16.1. The van der Waals surface area contributed by atoms with E-state index in [0.29, 0.717) is 6.54 Å². The first-order chi connectivity index (χ1) is 8.25. The van der Waals surface area contributed by atoms with Crippen molar-refractivity contribution >= 4 is 5.91 Å². The molecule has 1 heterocycles. The highest BCUT2D eigenvalue weighted by atomic mass is 16.1. The van der Waals surface area contributed by atoms with E-state index in [9.17, 15) is 4.79 Å². The number of rotatable bonds is 3. The van der Waals surface area contributed by atoms with Gasteiger partial charge in [-0.05, 0) is 37.8 Å². The van der Waals surface area contributed by atoms with Crippen molar-refractivity contribution < 1.29 is 4.79 Å². The summed E-state index contributed by atoms with van der Waals surface area (Å²) in [6, 6.07) is 3.97. The minimum Gasteiger partial charge on any atom is -0.352 e. The Morgan fingerprint density at radius 3 is 3.00 bits per heavy atom. The summed E-state index contributed by atoms with van der Waals surface area (Å²) in [6.45, 7) is 2.53. The van der Waals surface area contributed by atoms with E-state index in [0.717, 1.165) is 30.5 Å². The zero-order chi connectivity index (χ0) is 12.1. The van der Waals surface area contributed by atoms with Gasteiger partial charge in [-0.2, -0.15) is 0 Å². The first kappa shape index (κ1) is 11.8. The minimum absolute atomic E-state index is 0.151. The predicted molar refractivity (Wildman–Crippen MR) is 67.3 cm³/mol. The first-order valence-electron chi connectivity index (χ1n) is 6.10. The summed E-state index contributed by atoms with van der Waals surface area (Å²) in [5.74, 6) is 0.313. The van der Waals surface area contributed by atoms with Crippen LogP contribution in [-0.2, 0) is 11.3 Å². The van der Waals surface area contributed by atoms with Crippen LogP contribution < -0.4 is 5.32 Å². The predicted octanol–water partition coefficient (Wildman–Crippen LogP) is 2.36. The Balaban J connectivity index is 1.83. The summed E-state index contributed by atoms with van der Waals surface area (Å²) in [6.07, 6.45) is 8.92. The van der Waals surface area contributed by atoms with E-state index in [1.54, 1.807) is 0 Å². The van der Waals surface area contributed by atoms with Crippen molar-refractivity contribution in [2.75, 3.05) is 0 Å². The fraction of sp³-hybridized carbons (Fsp3) is 0.429. The van der Waals surface area contributed by atoms with Gasteiger partial charge in [0.2, 0.25) is 5.91 Å². The third-order valence-electron chi connectivity index (χ3n) is 3.08. The van der Waals surface area contributed by atoms with Gasteiger partial charge in [-0.3, -0.25) is 9.78 Å². The van der Waals surface area contributed by atoms with Crippen molar-refractivity contribution in [3.8, 4) is 0 Å². The summed E-state index contributed by atoms with van der Waals surface area (Å²) in [5, 5.41) is 2.98. The Morgan fingerprint density at radius 2 is 2.35 bits per heavy atom. The highest BCUT2D eigenvalue weighted by Crippen LogP contribution is 2.18. The van der Waals surface area contributed by atoms with Gasteiger partial charge in [-0.25, -0.2) is 0 Å². The summed E-state index contributed by atoms with van der Waals surface area (Å²) in [5.41, 5.74) is 2.05. The normalized spacial score (nSPS) is 19.0. The molecule has 0 unspecified atom stereocenters. The number of carbonyl (C=O) groups excluding carboxylic acids is 1. The van der Waals surface area contributed by atoms with E-state index < -0.39 is 0 Å². The van der Waals surface area contributed by atoms with Gasteiger partial charge in [-0.1, -0.05) is 18.2 Å². The number of hydrogen-bond acceptors (Lipinski definition) is 2. The molecule has 1 aliphatic carbocycles. The molecule has 0 spiro atoms. The first-order valence-corrected chi connectivity index (χ1v) is 6.10. The van der Waals surface area contributed by atoms with Crippen molar-refractivity contribution in [3.63, 3.8) is 0 Å². The number of hydrogen-bond donors (Lipinski definition) is 1. The number of allylic oxidation sites excluding steroid dienone is 2. The zero-order valence-corrected chi connectivity index (χ0v) is 10.1. The molecule has 0 saturated heterocycles. The number of aromatic nitrogens is 1. The van der Waals surface area contributed by atoms with Gasteiger partial charge >= 0.3 is 0 Å². The van der Waals surface area contributed by atoms with Crippen LogP contribution in [-0.4, -0.2) is 10.9 Å². The molecule has 1 atom stereocenters. The van der Waals surface area contributed by atoms with Crippen LogP contribution in [0.5, 0.6) is 0 Å². The van der Waals surface area contributed by atoms with Crippen LogP contribution >= 0.6 is 0 Å². The van der Waals surface area contributed by atoms with Gasteiger partial charge in [0.15, 0.2) is 0 Å². The number of pyridine rings is 1. The Morgan fingerprint density at radius 1 is 1.47 bits per heavy atom. The summed E-state index contributed by atoms with van der Waals surface area (Å²) >= 11 is 0. The summed E-state index contributed by atoms with van der Waals surface area (Å²) < 4.78 is 0. The van der Waals surface area contributed by atoms with Gasteiger partial charge in [0.1, 0.15) is 0 Å². The lowest BCUT2D eigenvalue weighted by atomic mass is 9.93. The topological polar surface area (TPSA) is 42.0 Å².